The number of carbonyl (C=O) groups is 4. The second-order valence-corrected chi connectivity index (χ2v) is 20.6. The third-order valence-corrected chi connectivity index (χ3v) is 13.8. The van der Waals surface area contributed by atoms with E-state index in [9.17, 15) is 37.5 Å². The number of thiocarbonyl (C=S) groups is 1. The van der Waals surface area contributed by atoms with Crippen LogP contribution in [0.4, 0.5) is 37.7 Å². The van der Waals surface area contributed by atoms with E-state index in [1.54, 1.807) is 26.3 Å². The molecule has 0 bridgehead atoms. The number of aromatic nitrogens is 2. The predicted octanol–water partition coefficient (Wildman–Crippen LogP) is 8.82. The van der Waals surface area contributed by atoms with Crippen LogP contribution in [0.2, 0.25) is 0 Å². The van der Waals surface area contributed by atoms with Gasteiger partial charge in [-0.05, 0) is 87.3 Å². The van der Waals surface area contributed by atoms with Crippen LogP contribution in [0.3, 0.4) is 0 Å². The molecule has 2 fully saturated rings. The van der Waals surface area contributed by atoms with Crippen LogP contribution in [0, 0.1) is 41.1 Å². The van der Waals surface area contributed by atoms with Crippen molar-refractivity contribution in [1.29, 1.82) is 5.26 Å². The maximum absolute atomic E-state index is 15.7. The first-order valence-electron chi connectivity index (χ1n) is 23.4. The molecule has 23 heteroatoms. The van der Waals surface area contributed by atoms with E-state index in [1.807, 2.05) is 31.2 Å². The van der Waals surface area contributed by atoms with Crippen LogP contribution in [0.15, 0.2) is 72.4 Å². The van der Waals surface area contributed by atoms with Crippen LogP contribution in [0.25, 0.3) is 21.7 Å². The standard InChI is InChI=1S/C52H51F6N7O8S2/c1-28-44(75-27-62-28)30-11-9-29(10-12-30)23-61-46(68)38-21-34(66)25-63(38)47(69)45(50(2,3)4)73-40(67)26-71-17-7-8-18-72-39-16-14-31(19-35(39)53)43-36(54)20-33(24-60-43)65-49(74)64(48(70)51(65,5)6)37-15-13-32(22-59)41(42(37)55)52(56,57)58/h9-16,19-20,24,27,34,38,45,66H,7-8,17-18,21,23,25-26H2,1-6H3,(H,61,68)/t34-,38+,45-/m1/s1. The molecular formula is C52H51F6N7O8S2. The van der Waals surface area contributed by atoms with Crippen molar-refractivity contribution in [3.8, 4) is 33.5 Å². The van der Waals surface area contributed by atoms with Gasteiger partial charge in [0.05, 0.1) is 58.0 Å². The van der Waals surface area contributed by atoms with E-state index in [1.165, 1.54) is 48.3 Å². The second kappa shape index (κ2) is 22.5. The summed E-state index contributed by atoms with van der Waals surface area (Å²) < 4.78 is 105. The Kier molecular flexibility index (Phi) is 16.7. The first-order chi connectivity index (χ1) is 35.3. The molecule has 5 aromatic rings. The van der Waals surface area contributed by atoms with Crippen LogP contribution in [0.1, 0.15) is 76.3 Å². The summed E-state index contributed by atoms with van der Waals surface area (Å²) in [5.41, 5.74) is -2.22. The number of benzene rings is 3. The van der Waals surface area contributed by atoms with Gasteiger partial charge in [-0.2, -0.15) is 18.4 Å². The van der Waals surface area contributed by atoms with E-state index in [-0.39, 0.29) is 55.4 Å². The molecule has 2 aromatic heterocycles. The highest BCUT2D eigenvalue weighted by molar-refractivity contribution is 7.81. The van der Waals surface area contributed by atoms with Crippen molar-refractivity contribution in [2.24, 2.45) is 5.41 Å². The number of nitrogens with zero attached hydrogens (tertiary/aromatic N) is 6. The molecule has 396 valence electrons. The van der Waals surface area contributed by atoms with Crippen molar-refractivity contribution >= 4 is 63.7 Å². The monoisotopic (exact) mass is 1080 g/mol. The van der Waals surface area contributed by atoms with Gasteiger partial charge in [-0.3, -0.25) is 24.3 Å². The number of aliphatic hydroxyl groups is 1. The minimum Gasteiger partial charge on any atom is -0.491 e. The minimum atomic E-state index is -5.28. The summed E-state index contributed by atoms with van der Waals surface area (Å²) in [6.45, 7) is 9.36. The number of aryl methyl sites for hydroxylation is 1. The molecular weight excluding hydrogens is 1030 g/mol. The number of carbonyl (C=O) groups excluding carboxylic acids is 4. The molecule has 3 amide bonds. The third kappa shape index (κ3) is 12.1. The van der Waals surface area contributed by atoms with Crippen LogP contribution >= 0.6 is 23.6 Å². The van der Waals surface area contributed by atoms with E-state index in [0.717, 1.165) is 51.0 Å². The van der Waals surface area contributed by atoms with Gasteiger partial charge in [-0.25, -0.2) is 22.9 Å². The lowest BCUT2D eigenvalue weighted by atomic mass is 9.88. The Balaban J connectivity index is 0.875. The molecule has 3 atom stereocenters. The Morgan fingerprint density at radius 3 is 2.31 bits per heavy atom. The lowest BCUT2D eigenvalue weighted by molar-refractivity contribution is -0.172. The van der Waals surface area contributed by atoms with E-state index in [0.29, 0.717) is 23.8 Å². The number of nitriles is 1. The fourth-order valence-corrected chi connectivity index (χ4v) is 9.93. The summed E-state index contributed by atoms with van der Waals surface area (Å²) >= 11 is 6.95. The number of thiazole rings is 1. The van der Waals surface area contributed by atoms with Gasteiger partial charge < -0.3 is 34.4 Å². The summed E-state index contributed by atoms with van der Waals surface area (Å²) in [7, 11) is 0. The van der Waals surface area contributed by atoms with Gasteiger partial charge in [0.1, 0.15) is 29.4 Å². The number of aliphatic hydroxyl groups excluding tert-OH is 1. The number of alkyl halides is 3. The smallest absolute Gasteiger partial charge is 0.420 e. The average molecular weight is 1080 g/mol. The summed E-state index contributed by atoms with van der Waals surface area (Å²) in [4.78, 5) is 66.2. The lowest BCUT2D eigenvalue weighted by Crippen LogP contribution is -2.53. The van der Waals surface area contributed by atoms with Gasteiger partial charge in [0.2, 0.25) is 5.91 Å². The van der Waals surface area contributed by atoms with E-state index in [2.05, 4.69) is 15.3 Å². The number of likely N-dealkylation sites (tertiary alicyclic amines) is 1. The van der Waals surface area contributed by atoms with Crippen LogP contribution < -0.4 is 19.9 Å². The molecule has 0 saturated carbocycles. The topological polar surface area (TPSA) is 188 Å². The zero-order valence-corrected chi connectivity index (χ0v) is 43.0. The van der Waals surface area contributed by atoms with Crippen molar-refractivity contribution in [1.82, 2.24) is 20.2 Å². The summed E-state index contributed by atoms with van der Waals surface area (Å²) in [5, 5.41) is 22.1. The van der Waals surface area contributed by atoms with Gasteiger partial charge in [0, 0.05) is 43.2 Å². The highest BCUT2D eigenvalue weighted by atomic mass is 32.1. The zero-order chi connectivity index (χ0) is 54.7. The van der Waals surface area contributed by atoms with E-state index >= 15 is 13.2 Å². The molecule has 0 unspecified atom stereocenters. The van der Waals surface area contributed by atoms with Crippen LogP contribution in [-0.2, 0) is 41.4 Å². The number of hydrogen-bond acceptors (Lipinski definition) is 13. The molecule has 3 aromatic carbocycles. The molecule has 0 aliphatic carbocycles. The molecule has 75 heavy (non-hydrogen) atoms. The van der Waals surface area contributed by atoms with Gasteiger partial charge in [-0.15, -0.1) is 11.3 Å². The summed E-state index contributed by atoms with van der Waals surface area (Å²) in [6.07, 6.45) is -5.72. The van der Waals surface area contributed by atoms with Gasteiger partial charge >= 0.3 is 12.1 Å². The second-order valence-electron chi connectivity index (χ2n) is 19.3. The Morgan fingerprint density at radius 2 is 1.68 bits per heavy atom. The number of unbranched alkanes of at least 4 members (excludes halogenated alkanes) is 1. The molecule has 2 aliphatic rings. The molecule has 15 nitrogen and oxygen atoms in total. The number of ether oxygens (including phenoxy) is 3. The number of halogens is 6. The number of nitrogens with one attached hydrogen (secondary N) is 1. The Hall–Kier alpha value is -7.00. The normalized spacial score (nSPS) is 17.0. The van der Waals surface area contributed by atoms with Gasteiger partial charge in [0.15, 0.2) is 34.4 Å². The zero-order valence-electron chi connectivity index (χ0n) is 41.4. The number of pyridine rings is 1. The van der Waals surface area contributed by atoms with E-state index in [4.69, 9.17) is 31.7 Å². The molecule has 7 rings (SSSR count). The molecule has 4 heterocycles. The Morgan fingerprint density at radius 1 is 0.987 bits per heavy atom. The average Bonchev–Trinajstić information content (AvgIpc) is 4.01. The summed E-state index contributed by atoms with van der Waals surface area (Å²) in [5.74, 6) is -6.77. The number of β-amino-alcohol motifs (C(OH)–C–C–N with tert-alkyl or cyclic N) is 1. The highest BCUT2D eigenvalue weighted by Crippen LogP contribution is 2.42. The fraction of sp³-hybridized carbons (Fsp3) is 0.385. The van der Waals surface area contributed by atoms with Gasteiger partial charge in [0.25, 0.3) is 11.8 Å². The van der Waals surface area contributed by atoms with Crippen molar-refractivity contribution in [2.75, 3.05) is 36.2 Å². The first-order valence-corrected chi connectivity index (χ1v) is 24.7. The molecule has 0 spiro atoms. The minimum absolute atomic E-state index is 0.000511. The van der Waals surface area contributed by atoms with E-state index < -0.39 is 105 Å². The van der Waals surface area contributed by atoms with Gasteiger partial charge in [-0.1, -0.05) is 45.0 Å². The molecule has 2 saturated heterocycles. The Labute approximate surface area is 437 Å². The van der Waals surface area contributed by atoms with Crippen molar-refractivity contribution < 1.29 is 64.8 Å². The maximum atomic E-state index is 15.7. The fourth-order valence-electron chi connectivity index (χ4n) is 8.60. The van der Waals surface area contributed by atoms with Crippen LogP contribution in [0.5, 0.6) is 5.75 Å². The lowest BCUT2D eigenvalue weighted by Gasteiger charge is -2.34. The molecule has 2 aliphatic heterocycles. The number of amides is 3. The van der Waals surface area contributed by atoms with Crippen molar-refractivity contribution in [3.05, 3.63) is 112 Å². The summed E-state index contributed by atoms with van der Waals surface area (Å²) in [6, 6.07) is 14.0. The number of esters is 1. The molecule has 0 radical (unpaired) electrons. The number of hydrogen-bond donors (Lipinski definition) is 2. The highest BCUT2D eigenvalue weighted by Gasteiger charge is 2.52. The SMILES string of the molecule is Cc1ncsc1-c1ccc(CNC(=O)[C@@H]2C[C@@H](O)CN2C(=O)[C@@H](OC(=O)COCCCCOc2ccc(-c3ncc(N4C(=S)N(c5ccc(C#N)c(C(F)(F)F)c5F)C(=O)C4(C)C)cc3F)cc2F)C(C)(C)C)cc1. The molecule has 2 N–H and O–H groups in total. The quantitative estimate of drug-likeness (QED) is 0.0390. The number of rotatable bonds is 17. The maximum Gasteiger partial charge on any atom is 0.420 e. The largest absolute Gasteiger partial charge is 0.491 e. The van der Waals surface area contributed by atoms with Crippen molar-refractivity contribution in [3.63, 3.8) is 0 Å². The Bertz CT molecular complexity index is 3050. The predicted molar refractivity (Wildman–Crippen MR) is 267 cm³/mol. The van der Waals surface area contributed by atoms with Crippen LogP contribution in [-0.4, -0.2) is 98.9 Å². The first kappa shape index (κ1) is 55.7. The third-order valence-electron chi connectivity index (χ3n) is 12.4. The van der Waals surface area contributed by atoms with Crippen molar-refractivity contribution in [2.45, 2.75) is 97.3 Å². The number of anilines is 2.